The summed E-state index contributed by atoms with van der Waals surface area (Å²) in [6.45, 7) is 5.31. The molecule has 0 radical (unpaired) electrons. The average Bonchev–Trinajstić information content (AvgIpc) is 2.52. The molecule has 0 aromatic heterocycles. The molecule has 23 heavy (non-hydrogen) atoms. The van der Waals surface area contributed by atoms with E-state index in [9.17, 15) is 9.59 Å². The lowest BCUT2D eigenvalue weighted by molar-refractivity contribution is -0.120. The molecule has 0 heterocycles. The molecule has 0 bridgehead atoms. The lowest BCUT2D eigenvalue weighted by Crippen LogP contribution is -2.29. The molecule has 4 nitrogen and oxygen atoms in total. The molecule has 118 valence electrons. The first-order valence-corrected chi connectivity index (χ1v) is 7.39. The molecule has 0 aliphatic carbocycles. The van der Waals surface area contributed by atoms with E-state index in [1.54, 1.807) is 6.08 Å². The summed E-state index contributed by atoms with van der Waals surface area (Å²) in [6, 6.07) is 15.1. The Labute approximate surface area is 136 Å². The van der Waals surface area contributed by atoms with Gasteiger partial charge in [0.2, 0.25) is 5.91 Å². The van der Waals surface area contributed by atoms with Crippen LogP contribution in [0.5, 0.6) is 0 Å². The molecule has 0 aliphatic heterocycles. The third-order valence-electron chi connectivity index (χ3n) is 3.52. The normalized spacial score (nSPS) is 11.0. The maximum Gasteiger partial charge on any atom is 0.272 e. The summed E-state index contributed by atoms with van der Waals surface area (Å²) in [5, 5.41) is 5.45. The second-order valence-electron chi connectivity index (χ2n) is 5.35. The van der Waals surface area contributed by atoms with Gasteiger partial charge in [-0.15, -0.1) is 0 Å². The average molecular weight is 308 g/mol. The predicted molar refractivity (Wildman–Crippen MR) is 92.8 cm³/mol. The molecule has 0 saturated carbocycles. The standard InChI is InChI=1S/C19H20N2O2/c1-13-8-7-11-17(14(13)2)21-19(23)18(20-15(3)22)12-16-9-5-4-6-10-16/h4-12H,1-3H3,(H,20,22)(H,21,23). The second-order valence-corrected chi connectivity index (χ2v) is 5.35. The monoisotopic (exact) mass is 308 g/mol. The fraction of sp³-hybridized carbons (Fsp3) is 0.158. The summed E-state index contributed by atoms with van der Waals surface area (Å²) in [5.41, 5.74) is 3.88. The van der Waals surface area contributed by atoms with Gasteiger partial charge in [0.1, 0.15) is 5.70 Å². The number of anilines is 1. The maximum atomic E-state index is 12.5. The number of amides is 2. The van der Waals surface area contributed by atoms with Crippen LogP contribution in [-0.4, -0.2) is 11.8 Å². The van der Waals surface area contributed by atoms with Gasteiger partial charge in [-0.3, -0.25) is 9.59 Å². The van der Waals surface area contributed by atoms with Crippen LogP contribution in [0.2, 0.25) is 0 Å². The third kappa shape index (κ3) is 4.54. The molecular weight excluding hydrogens is 288 g/mol. The van der Waals surface area contributed by atoms with Crippen molar-refractivity contribution in [2.24, 2.45) is 0 Å². The van der Waals surface area contributed by atoms with Gasteiger partial charge in [0.05, 0.1) is 0 Å². The van der Waals surface area contributed by atoms with E-state index < -0.39 is 0 Å². The Balaban J connectivity index is 2.28. The molecule has 2 rings (SSSR count). The van der Waals surface area contributed by atoms with Crippen molar-refractivity contribution in [2.45, 2.75) is 20.8 Å². The maximum absolute atomic E-state index is 12.5. The Morgan fingerprint density at radius 3 is 2.30 bits per heavy atom. The first kappa shape index (κ1) is 16.5. The fourth-order valence-electron chi connectivity index (χ4n) is 2.14. The van der Waals surface area contributed by atoms with E-state index in [1.165, 1.54) is 6.92 Å². The Kier molecular flexibility index (Phi) is 5.31. The number of carbonyl (C=O) groups is 2. The van der Waals surface area contributed by atoms with Crippen molar-refractivity contribution in [3.63, 3.8) is 0 Å². The van der Waals surface area contributed by atoms with Crippen LogP contribution in [0, 0.1) is 13.8 Å². The topological polar surface area (TPSA) is 58.2 Å². The van der Waals surface area contributed by atoms with Crippen LogP contribution in [0.1, 0.15) is 23.6 Å². The highest BCUT2D eigenvalue weighted by Crippen LogP contribution is 2.18. The summed E-state index contributed by atoms with van der Waals surface area (Å²) >= 11 is 0. The van der Waals surface area contributed by atoms with Crippen LogP contribution in [0.15, 0.2) is 54.2 Å². The molecular formula is C19H20N2O2. The second kappa shape index (κ2) is 7.40. The number of carbonyl (C=O) groups excluding carboxylic acids is 2. The van der Waals surface area contributed by atoms with Crippen molar-refractivity contribution in [3.8, 4) is 0 Å². The van der Waals surface area contributed by atoms with Crippen LogP contribution < -0.4 is 10.6 Å². The van der Waals surface area contributed by atoms with Crippen LogP contribution in [0.3, 0.4) is 0 Å². The van der Waals surface area contributed by atoms with Crippen molar-refractivity contribution in [2.75, 3.05) is 5.32 Å². The molecule has 0 fully saturated rings. The Hall–Kier alpha value is -2.88. The van der Waals surface area contributed by atoms with Gasteiger partial charge in [0.15, 0.2) is 0 Å². The zero-order valence-electron chi connectivity index (χ0n) is 13.5. The Morgan fingerprint density at radius 2 is 1.65 bits per heavy atom. The van der Waals surface area contributed by atoms with Crippen LogP contribution in [-0.2, 0) is 9.59 Å². The lowest BCUT2D eigenvalue weighted by Gasteiger charge is -2.13. The van der Waals surface area contributed by atoms with Crippen LogP contribution >= 0.6 is 0 Å². The fourth-order valence-corrected chi connectivity index (χ4v) is 2.14. The van der Waals surface area contributed by atoms with Gasteiger partial charge in [0, 0.05) is 12.6 Å². The van der Waals surface area contributed by atoms with E-state index in [4.69, 9.17) is 0 Å². The summed E-state index contributed by atoms with van der Waals surface area (Å²) < 4.78 is 0. The number of hydrogen-bond acceptors (Lipinski definition) is 2. The summed E-state index contributed by atoms with van der Waals surface area (Å²) in [4.78, 5) is 23.9. The van der Waals surface area contributed by atoms with E-state index in [1.807, 2.05) is 62.4 Å². The van der Waals surface area contributed by atoms with Gasteiger partial charge < -0.3 is 10.6 Å². The van der Waals surface area contributed by atoms with Gasteiger partial charge in [-0.05, 0) is 42.7 Å². The van der Waals surface area contributed by atoms with Gasteiger partial charge in [0.25, 0.3) is 5.91 Å². The summed E-state index contributed by atoms with van der Waals surface area (Å²) in [7, 11) is 0. The molecule has 0 atom stereocenters. The van der Waals surface area contributed by atoms with Gasteiger partial charge >= 0.3 is 0 Å². The van der Waals surface area contributed by atoms with E-state index >= 15 is 0 Å². The van der Waals surface area contributed by atoms with E-state index in [0.717, 1.165) is 22.4 Å². The number of aryl methyl sites for hydroxylation is 1. The van der Waals surface area contributed by atoms with Crippen molar-refractivity contribution < 1.29 is 9.59 Å². The minimum absolute atomic E-state index is 0.213. The number of benzene rings is 2. The lowest BCUT2D eigenvalue weighted by atomic mass is 10.1. The van der Waals surface area contributed by atoms with Crippen LogP contribution in [0.25, 0.3) is 6.08 Å². The zero-order valence-corrected chi connectivity index (χ0v) is 13.5. The predicted octanol–water partition coefficient (Wildman–Crippen LogP) is 3.42. The molecule has 4 heteroatoms. The minimum Gasteiger partial charge on any atom is -0.322 e. The minimum atomic E-state index is -0.349. The molecule has 0 unspecified atom stereocenters. The highest BCUT2D eigenvalue weighted by atomic mass is 16.2. The van der Waals surface area contributed by atoms with Gasteiger partial charge in [-0.2, -0.15) is 0 Å². The summed E-state index contributed by atoms with van der Waals surface area (Å²) in [5.74, 6) is -0.638. The van der Waals surface area contributed by atoms with E-state index in [0.29, 0.717) is 0 Å². The van der Waals surface area contributed by atoms with E-state index in [2.05, 4.69) is 10.6 Å². The highest BCUT2D eigenvalue weighted by Gasteiger charge is 2.13. The first-order valence-electron chi connectivity index (χ1n) is 7.39. The number of nitrogens with one attached hydrogen (secondary N) is 2. The Bertz CT molecular complexity index is 749. The van der Waals surface area contributed by atoms with Crippen molar-refractivity contribution >= 4 is 23.6 Å². The molecule has 2 aromatic rings. The van der Waals surface area contributed by atoms with Crippen LogP contribution in [0.4, 0.5) is 5.69 Å². The molecule has 0 aliphatic rings. The molecule has 2 N–H and O–H groups in total. The third-order valence-corrected chi connectivity index (χ3v) is 3.52. The Morgan fingerprint density at radius 1 is 0.957 bits per heavy atom. The van der Waals surface area contributed by atoms with Gasteiger partial charge in [-0.1, -0.05) is 42.5 Å². The van der Waals surface area contributed by atoms with Crippen molar-refractivity contribution in [3.05, 3.63) is 70.9 Å². The molecule has 0 spiro atoms. The zero-order chi connectivity index (χ0) is 16.8. The van der Waals surface area contributed by atoms with E-state index in [-0.39, 0.29) is 17.5 Å². The smallest absolute Gasteiger partial charge is 0.272 e. The summed E-state index contributed by atoms with van der Waals surface area (Å²) in [6.07, 6.45) is 1.65. The van der Waals surface area contributed by atoms with Crippen molar-refractivity contribution in [1.29, 1.82) is 0 Å². The quantitative estimate of drug-likeness (QED) is 0.850. The molecule has 0 saturated heterocycles. The first-order chi connectivity index (χ1) is 11.0. The SMILES string of the molecule is CC(=O)NC(=Cc1ccccc1)C(=O)Nc1cccc(C)c1C. The van der Waals surface area contributed by atoms with Gasteiger partial charge in [-0.25, -0.2) is 0 Å². The molecule has 2 amide bonds. The highest BCUT2D eigenvalue weighted by molar-refractivity contribution is 6.08. The number of rotatable bonds is 4. The molecule has 2 aromatic carbocycles. The number of hydrogen-bond donors (Lipinski definition) is 2. The van der Waals surface area contributed by atoms with Crippen molar-refractivity contribution in [1.82, 2.24) is 5.32 Å². The largest absolute Gasteiger partial charge is 0.322 e.